The lowest BCUT2D eigenvalue weighted by molar-refractivity contribution is 0.108. The van der Waals surface area contributed by atoms with Gasteiger partial charge in [-0.05, 0) is 24.6 Å². The molecule has 1 aliphatic heterocycles. The van der Waals surface area contributed by atoms with Crippen molar-refractivity contribution in [1.29, 1.82) is 0 Å². The van der Waals surface area contributed by atoms with Crippen LogP contribution in [-0.4, -0.2) is 16.6 Å². The molecule has 0 amide bonds. The van der Waals surface area contributed by atoms with Crippen LogP contribution in [0, 0.1) is 17.4 Å². The lowest BCUT2D eigenvalue weighted by atomic mass is 10.1. The first-order valence-electron chi connectivity index (χ1n) is 6.11. The molecule has 0 aliphatic carbocycles. The summed E-state index contributed by atoms with van der Waals surface area (Å²) < 4.78 is 19.3. The Labute approximate surface area is 115 Å². The molecule has 1 N–H and O–H groups in total. The molecule has 0 spiro atoms. The minimum Gasteiger partial charge on any atom is -0.376 e. The molecule has 3 rings (SSSR count). The van der Waals surface area contributed by atoms with Gasteiger partial charge in [0.1, 0.15) is 16.3 Å². The second-order valence-corrected chi connectivity index (χ2v) is 5.00. The van der Waals surface area contributed by atoms with Gasteiger partial charge in [0, 0.05) is 23.2 Å². The molecule has 0 fully saturated rings. The number of rotatable bonds is 1. The molecule has 0 saturated carbocycles. The molecule has 5 heteroatoms. The van der Waals surface area contributed by atoms with Crippen molar-refractivity contribution in [3.63, 3.8) is 0 Å². The predicted octanol–water partition coefficient (Wildman–Crippen LogP) is 3.33. The van der Waals surface area contributed by atoms with Gasteiger partial charge in [-0.3, -0.25) is 0 Å². The van der Waals surface area contributed by atoms with Crippen LogP contribution in [0.4, 0.5) is 4.39 Å². The Kier molecular flexibility index (Phi) is 3.16. The van der Waals surface area contributed by atoms with Gasteiger partial charge < -0.3 is 9.72 Å². The van der Waals surface area contributed by atoms with Crippen LogP contribution in [0.1, 0.15) is 16.8 Å². The molecule has 1 aliphatic rings. The van der Waals surface area contributed by atoms with E-state index in [1.54, 1.807) is 6.07 Å². The third kappa shape index (κ3) is 2.31. The van der Waals surface area contributed by atoms with E-state index >= 15 is 0 Å². The second-order valence-electron chi connectivity index (χ2n) is 4.61. The van der Waals surface area contributed by atoms with E-state index in [4.69, 9.17) is 17.0 Å². The quantitative estimate of drug-likeness (QED) is 0.812. The lowest BCUT2D eigenvalue weighted by Gasteiger charge is -2.17. The fourth-order valence-electron chi connectivity index (χ4n) is 2.23. The summed E-state index contributed by atoms with van der Waals surface area (Å²) >= 11 is 5.30. The van der Waals surface area contributed by atoms with E-state index in [1.807, 2.05) is 6.92 Å². The summed E-state index contributed by atoms with van der Waals surface area (Å²) in [6.45, 7) is 3.10. The molecule has 0 bridgehead atoms. The normalized spacial score (nSPS) is 14.2. The zero-order chi connectivity index (χ0) is 13.4. The fraction of sp³-hybridized carbons (Fsp3) is 0.286. The highest BCUT2D eigenvalue weighted by atomic mass is 32.1. The number of ether oxygens (including phenoxy) is 1. The number of hydrogen-bond acceptors (Lipinski definition) is 3. The van der Waals surface area contributed by atoms with Crippen molar-refractivity contribution < 1.29 is 9.13 Å². The van der Waals surface area contributed by atoms with Gasteiger partial charge in [-0.25, -0.2) is 9.37 Å². The third-order valence-electron chi connectivity index (χ3n) is 3.30. The van der Waals surface area contributed by atoms with Crippen molar-refractivity contribution in [3.8, 4) is 11.4 Å². The Morgan fingerprint density at radius 1 is 1.42 bits per heavy atom. The number of fused-ring (bicyclic) bond motifs is 1. The van der Waals surface area contributed by atoms with Crippen LogP contribution in [0.2, 0.25) is 0 Å². The van der Waals surface area contributed by atoms with Crippen LogP contribution >= 0.6 is 12.2 Å². The molecular weight excluding hydrogens is 263 g/mol. The summed E-state index contributed by atoms with van der Waals surface area (Å²) in [4.78, 5) is 7.64. The summed E-state index contributed by atoms with van der Waals surface area (Å²) in [5.74, 6) is 0.352. The number of benzene rings is 1. The van der Waals surface area contributed by atoms with E-state index in [0.717, 1.165) is 28.8 Å². The molecule has 0 unspecified atom stereocenters. The highest BCUT2D eigenvalue weighted by Crippen LogP contribution is 2.24. The number of halogens is 1. The molecule has 98 valence electrons. The highest BCUT2D eigenvalue weighted by molar-refractivity contribution is 7.71. The van der Waals surface area contributed by atoms with Crippen molar-refractivity contribution >= 4 is 12.2 Å². The number of hydrogen-bond donors (Lipinski definition) is 1. The fourth-order valence-corrected chi connectivity index (χ4v) is 2.51. The van der Waals surface area contributed by atoms with Crippen LogP contribution in [0.15, 0.2) is 18.2 Å². The van der Waals surface area contributed by atoms with Gasteiger partial charge in [-0.2, -0.15) is 0 Å². The van der Waals surface area contributed by atoms with Gasteiger partial charge in [0.05, 0.1) is 13.2 Å². The average molecular weight is 276 g/mol. The second kappa shape index (κ2) is 4.83. The zero-order valence-corrected chi connectivity index (χ0v) is 11.3. The molecule has 1 aromatic carbocycles. The zero-order valence-electron chi connectivity index (χ0n) is 10.5. The molecule has 0 atom stereocenters. The topological polar surface area (TPSA) is 37.9 Å². The maximum atomic E-state index is 13.4. The van der Waals surface area contributed by atoms with E-state index < -0.39 is 0 Å². The Hall–Kier alpha value is -1.59. The van der Waals surface area contributed by atoms with Gasteiger partial charge in [0.15, 0.2) is 0 Å². The Morgan fingerprint density at radius 2 is 2.26 bits per heavy atom. The van der Waals surface area contributed by atoms with Gasteiger partial charge in [0.2, 0.25) is 0 Å². The summed E-state index contributed by atoms with van der Waals surface area (Å²) in [7, 11) is 0. The van der Waals surface area contributed by atoms with Crippen molar-refractivity contribution in [2.45, 2.75) is 20.0 Å². The summed E-state index contributed by atoms with van der Waals surface area (Å²) in [5, 5.41) is 0. The van der Waals surface area contributed by atoms with E-state index in [2.05, 4.69) is 9.97 Å². The SMILES string of the molecule is Cc1ccc(F)cc1-c1nc(=S)c2c([nH]1)CCOC2. The molecule has 19 heavy (non-hydrogen) atoms. The minimum absolute atomic E-state index is 0.275. The largest absolute Gasteiger partial charge is 0.376 e. The number of nitrogens with one attached hydrogen (secondary N) is 1. The Bertz CT molecular complexity index is 696. The standard InChI is InChI=1S/C14H13FN2OS/c1-8-2-3-9(15)6-10(8)13-16-12-4-5-18-7-11(12)14(19)17-13/h2-3,6H,4-5,7H2,1H3,(H,16,17,19). The van der Waals surface area contributed by atoms with Crippen molar-refractivity contribution in [1.82, 2.24) is 9.97 Å². The number of nitrogens with zero attached hydrogens (tertiary/aromatic N) is 1. The van der Waals surface area contributed by atoms with Crippen LogP contribution in [0.25, 0.3) is 11.4 Å². The lowest BCUT2D eigenvalue weighted by Crippen LogP contribution is -2.14. The predicted molar refractivity (Wildman–Crippen MR) is 72.9 cm³/mol. The van der Waals surface area contributed by atoms with Crippen molar-refractivity contribution in [2.24, 2.45) is 0 Å². The molecule has 0 radical (unpaired) electrons. The van der Waals surface area contributed by atoms with Crippen LogP contribution < -0.4 is 0 Å². The Balaban J connectivity index is 2.18. The number of aryl methyl sites for hydroxylation is 1. The summed E-state index contributed by atoms with van der Waals surface area (Å²) in [6.07, 6.45) is 0.781. The number of aromatic nitrogens is 2. The number of aromatic amines is 1. The smallest absolute Gasteiger partial charge is 0.139 e. The maximum absolute atomic E-state index is 13.4. The summed E-state index contributed by atoms with van der Waals surface area (Å²) in [5.41, 5.74) is 3.70. The van der Waals surface area contributed by atoms with Crippen LogP contribution in [0.5, 0.6) is 0 Å². The van der Waals surface area contributed by atoms with E-state index in [1.165, 1.54) is 12.1 Å². The monoisotopic (exact) mass is 276 g/mol. The highest BCUT2D eigenvalue weighted by Gasteiger charge is 2.15. The first-order chi connectivity index (χ1) is 9.15. The minimum atomic E-state index is -0.275. The first kappa shape index (κ1) is 12.4. The third-order valence-corrected chi connectivity index (χ3v) is 3.64. The van der Waals surface area contributed by atoms with E-state index in [9.17, 15) is 4.39 Å². The molecular formula is C14H13FN2OS. The van der Waals surface area contributed by atoms with E-state index in [0.29, 0.717) is 23.7 Å². The maximum Gasteiger partial charge on any atom is 0.139 e. The van der Waals surface area contributed by atoms with Gasteiger partial charge in [-0.15, -0.1) is 0 Å². The Morgan fingerprint density at radius 3 is 3.11 bits per heavy atom. The van der Waals surface area contributed by atoms with Gasteiger partial charge in [0.25, 0.3) is 0 Å². The van der Waals surface area contributed by atoms with E-state index in [-0.39, 0.29) is 5.82 Å². The van der Waals surface area contributed by atoms with Crippen LogP contribution in [0.3, 0.4) is 0 Å². The van der Waals surface area contributed by atoms with Gasteiger partial charge in [-0.1, -0.05) is 18.3 Å². The van der Waals surface area contributed by atoms with Crippen LogP contribution in [-0.2, 0) is 17.8 Å². The summed E-state index contributed by atoms with van der Waals surface area (Å²) in [6, 6.07) is 4.67. The molecule has 2 aromatic rings. The van der Waals surface area contributed by atoms with Crippen molar-refractivity contribution in [3.05, 3.63) is 45.5 Å². The molecule has 1 aromatic heterocycles. The number of H-pyrrole nitrogens is 1. The first-order valence-corrected chi connectivity index (χ1v) is 6.52. The molecule has 2 heterocycles. The molecule has 0 saturated heterocycles. The molecule has 3 nitrogen and oxygen atoms in total. The van der Waals surface area contributed by atoms with Crippen molar-refractivity contribution in [2.75, 3.05) is 6.61 Å². The van der Waals surface area contributed by atoms with Gasteiger partial charge >= 0.3 is 0 Å². The average Bonchev–Trinajstić information content (AvgIpc) is 2.41.